The first kappa shape index (κ1) is 9.76. The summed E-state index contributed by atoms with van der Waals surface area (Å²) in [6.07, 6.45) is 0. The molecule has 0 heterocycles. The molecular weight excluding hydrogens is 150 g/mol. The third-order valence-corrected chi connectivity index (χ3v) is 1.06. The zero-order chi connectivity index (χ0) is 8.36. The highest BCUT2D eigenvalue weighted by molar-refractivity contribution is 6.30. The van der Waals surface area contributed by atoms with Crippen molar-refractivity contribution >= 4 is 17.5 Å². The first-order valence-electron chi connectivity index (χ1n) is 3.29. The fraction of sp³-hybridized carbons (Fsp3) is 0.857. The van der Waals surface area contributed by atoms with Crippen LogP contribution in [0.15, 0.2) is 0 Å². The number of carbonyl (C=O) groups is 1. The lowest BCUT2D eigenvalue weighted by Gasteiger charge is -2.21. The molecule has 2 nitrogen and oxygen atoms in total. The maximum atomic E-state index is 10.9. The van der Waals surface area contributed by atoms with Crippen LogP contribution in [-0.4, -0.2) is 16.8 Å². The lowest BCUT2D eigenvalue weighted by atomic mass is 10.1. The molecule has 0 aliphatic rings. The van der Waals surface area contributed by atoms with Gasteiger partial charge in [-0.25, -0.2) is 0 Å². The molecule has 0 radical (unpaired) electrons. The van der Waals surface area contributed by atoms with Gasteiger partial charge < -0.3 is 5.32 Å². The zero-order valence-electron chi connectivity index (χ0n) is 6.86. The molecule has 0 aliphatic heterocycles. The summed E-state index contributed by atoms with van der Waals surface area (Å²) in [5, 5.41) is 2.30. The van der Waals surface area contributed by atoms with Crippen molar-refractivity contribution in [2.24, 2.45) is 0 Å². The summed E-state index contributed by atoms with van der Waals surface area (Å²) < 4.78 is 0. The number of hydrogen-bond donors (Lipinski definition) is 1. The lowest BCUT2D eigenvalue weighted by Crippen LogP contribution is -2.43. The summed E-state index contributed by atoms with van der Waals surface area (Å²) in [6, 6.07) is 0. The maximum absolute atomic E-state index is 10.9. The van der Waals surface area contributed by atoms with Crippen molar-refractivity contribution < 1.29 is 4.79 Å². The number of hydrogen-bond acceptors (Lipinski definition) is 1. The monoisotopic (exact) mass is 163 g/mol. The largest absolute Gasteiger partial charge is 0.350 e. The molecule has 0 saturated heterocycles. The van der Waals surface area contributed by atoms with E-state index < -0.39 is 5.38 Å². The molecule has 60 valence electrons. The SMILES string of the molecule is C[C@@H](Cl)C(=O)NC(C)(C)C. The van der Waals surface area contributed by atoms with E-state index >= 15 is 0 Å². The molecule has 0 saturated carbocycles. The molecule has 0 fully saturated rings. The Morgan fingerprint density at radius 1 is 1.50 bits per heavy atom. The predicted molar refractivity (Wildman–Crippen MR) is 43.2 cm³/mol. The van der Waals surface area contributed by atoms with E-state index in [0.29, 0.717) is 0 Å². The predicted octanol–water partition coefficient (Wildman–Crippen LogP) is 1.53. The summed E-state index contributed by atoms with van der Waals surface area (Å²) >= 11 is 5.52. The van der Waals surface area contributed by atoms with Crippen LogP contribution in [0.2, 0.25) is 0 Å². The normalized spacial score (nSPS) is 14.5. The fourth-order valence-electron chi connectivity index (χ4n) is 0.469. The minimum absolute atomic E-state index is 0.117. The van der Waals surface area contributed by atoms with Crippen molar-refractivity contribution in [1.29, 1.82) is 0 Å². The number of amides is 1. The summed E-state index contributed by atoms with van der Waals surface area (Å²) in [7, 11) is 0. The van der Waals surface area contributed by atoms with Crippen molar-refractivity contribution in [3.8, 4) is 0 Å². The molecule has 0 aromatic rings. The van der Waals surface area contributed by atoms with Crippen molar-refractivity contribution in [2.45, 2.75) is 38.6 Å². The minimum Gasteiger partial charge on any atom is -0.350 e. The summed E-state index contributed by atoms with van der Waals surface area (Å²) in [4.78, 5) is 10.9. The second kappa shape index (κ2) is 3.24. The second-order valence-electron chi connectivity index (χ2n) is 3.36. The third-order valence-electron chi connectivity index (χ3n) is 0.859. The van der Waals surface area contributed by atoms with Crippen LogP contribution in [0, 0.1) is 0 Å². The molecular formula is C7H14ClNO. The van der Waals surface area contributed by atoms with Crippen LogP contribution < -0.4 is 5.32 Å². The van der Waals surface area contributed by atoms with Gasteiger partial charge in [-0.15, -0.1) is 11.6 Å². The molecule has 1 atom stereocenters. The Balaban J connectivity index is 3.81. The van der Waals surface area contributed by atoms with Gasteiger partial charge in [0.1, 0.15) is 5.38 Å². The number of alkyl halides is 1. The average molecular weight is 164 g/mol. The Labute approximate surface area is 66.9 Å². The number of nitrogens with one attached hydrogen (secondary N) is 1. The smallest absolute Gasteiger partial charge is 0.238 e. The van der Waals surface area contributed by atoms with Gasteiger partial charge in [-0.05, 0) is 27.7 Å². The summed E-state index contributed by atoms with van der Waals surface area (Å²) in [6.45, 7) is 7.42. The van der Waals surface area contributed by atoms with Crippen molar-refractivity contribution in [3.63, 3.8) is 0 Å². The maximum Gasteiger partial charge on any atom is 0.238 e. The molecule has 0 spiro atoms. The molecule has 1 amide bonds. The van der Waals surface area contributed by atoms with Crippen molar-refractivity contribution in [3.05, 3.63) is 0 Å². The van der Waals surface area contributed by atoms with Crippen molar-refractivity contribution in [2.75, 3.05) is 0 Å². The lowest BCUT2D eigenvalue weighted by molar-refractivity contribution is -0.121. The zero-order valence-corrected chi connectivity index (χ0v) is 7.62. The molecule has 10 heavy (non-hydrogen) atoms. The van der Waals surface area contributed by atoms with E-state index in [4.69, 9.17) is 11.6 Å². The highest BCUT2D eigenvalue weighted by Crippen LogP contribution is 2.01. The molecule has 0 rings (SSSR count). The Hall–Kier alpha value is -0.240. The molecule has 0 aromatic carbocycles. The molecule has 0 aliphatic carbocycles. The van der Waals surface area contributed by atoms with Gasteiger partial charge in [0.15, 0.2) is 0 Å². The number of carbonyl (C=O) groups excluding carboxylic acids is 1. The number of halogens is 1. The average Bonchev–Trinajstić information content (AvgIpc) is 1.60. The molecule has 0 bridgehead atoms. The van der Waals surface area contributed by atoms with E-state index in [1.807, 2.05) is 20.8 Å². The topological polar surface area (TPSA) is 29.1 Å². The molecule has 0 unspecified atom stereocenters. The van der Waals surface area contributed by atoms with Crippen LogP contribution in [0.1, 0.15) is 27.7 Å². The molecule has 3 heteroatoms. The summed E-state index contributed by atoms with van der Waals surface area (Å²) in [5.41, 5.74) is -0.180. The standard InChI is InChI=1S/C7H14ClNO/c1-5(8)6(10)9-7(2,3)4/h5H,1-4H3,(H,9,10)/t5-/m1/s1. The van der Waals surface area contributed by atoms with Crippen molar-refractivity contribution in [1.82, 2.24) is 5.32 Å². The Bertz CT molecular complexity index is 126. The second-order valence-corrected chi connectivity index (χ2v) is 4.01. The van der Waals surface area contributed by atoms with Crippen LogP contribution in [0.4, 0.5) is 0 Å². The van der Waals surface area contributed by atoms with Crippen LogP contribution in [0.3, 0.4) is 0 Å². The first-order chi connectivity index (χ1) is 4.33. The highest BCUT2D eigenvalue weighted by atomic mass is 35.5. The van der Waals surface area contributed by atoms with Gasteiger partial charge in [0.05, 0.1) is 0 Å². The summed E-state index contributed by atoms with van der Waals surface area (Å²) in [5.74, 6) is -0.117. The van der Waals surface area contributed by atoms with Gasteiger partial charge in [-0.1, -0.05) is 0 Å². The quantitative estimate of drug-likeness (QED) is 0.584. The van der Waals surface area contributed by atoms with E-state index in [1.165, 1.54) is 0 Å². The highest BCUT2D eigenvalue weighted by Gasteiger charge is 2.16. The fourth-order valence-corrected chi connectivity index (χ4v) is 0.524. The minimum atomic E-state index is -0.445. The van der Waals surface area contributed by atoms with Gasteiger partial charge >= 0.3 is 0 Å². The Kier molecular flexibility index (Phi) is 3.16. The van der Waals surface area contributed by atoms with E-state index in [2.05, 4.69) is 5.32 Å². The Morgan fingerprint density at radius 2 is 1.90 bits per heavy atom. The first-order valence-corrected chi connectivity index (χ1v) is 3.72. The van der Waals surface area contributed by atoms with Gasteiger partial charge in [0.25, 0.3) is 0 Å². The van der Waals surface area contributed by atoms with E-state index in [1.54, 1.807) is 6.92 Å². The number of rotatable bonds is 1. The molecule has 1 N–H and O–H groups in total. The Morgan fingerprint density at radius 3 is 2.00 bits per heavy atom. The molecule has 0 aromatic heterocycles. The van der Waals surface area contributed by atoms with Crippen LogP contribution >= 0.6 is 11.6 Å². The van der Waals surface area contributed by atoms with Crippen LogP contribution in [0.25, 0.3) is 0 Å². The van der Waals surface area contributed by atoms with E-state index in [-0.39, 0.29) is 11.4 Å². The van der Waals surface area contributed by atoms with Gasteiger partial charge in [-0.2, -0.15) is 0 Å². The van der Waals surface area contributed by atoms with E-state index in [9.17, 15) is 4.79 Å². The van der Waals surface area contributed by atoms with Crippen LogP contribution in [0.5, 0.6) is 0 Å². The third kappa shape index (κ3) is 4.62. The van der Waals surface area contributed by atoms with Crippen LogP contribution in [-0.2, 0) is 4.79 Å². The van der Waals surface area contributed by atoms with Gasteiger partial charge in [-0.3, -0.25) is 4.79 Å². The van der Waals surface area contributed by atoms with Gasteiger partial charge in [0.2, 0.25) is 5.91 Å². The van der Waals surface area contributed by atoms with E-state index in [0.717, 1.165) is 0 Å². The van der Waals surface area contributed by atoms with Gasteiger partial charge in [0, 0.05) is 5.54 Å².